The molecule has 0 bridgehead atoms. The first-order valence-corrected chi connectivity index (χ1v) is 6.67. The van der Waals surface area contributed by atoms with Crippen LogP contribution in [0, 0.1) is 0 Å². The van der Waals surface area contributed by atoms with E-state index in [0.29, 0.717) is 10.7 Å². The van der Waals surface area contributed by atoms with Crippen molar-refractivity contribution in [1.82, 2.24) is 14.6 Å². The molecule has 2 heterocycles. The van der Waals surface area contributed by atoms with Crippen molar-refractivity contribution in [2.75, 3.05) is 0 Å². The van der Waals surface area contributed by atoms with E-state index in [-0.39, 0.29) is 11.0 Å². The van der Waals surface area contributed by atoms with Gasteiger partial charge in [0.1, 0.15) is 5.82 Å². The van der Waals surface area contributed by atoms with Gasteiger partial charge >= 0.3 is 5.97 Å². The second-order valence-electron chi connectivity index (χ2n) is 5.37. The third-order valence-corrected chi connectivity index (χ3v) is 4.23. The number of halogens is 1. The van der Waals surface area contributed by atoms with Gasteiger partial charge in [0, 0.05) is 11.6 Å². The fourth-order valence-corrected chi connectivity index (χ4v) is 3.11. The van der Waals surface area contributed by atoms with E-state index in [1.807, 2.05) is 0 Å². The Morgan fingerprint density at radius 2 is 2.11 bits per heavy atom. The predicted molar refractivity (Wildman–Crippen MR) is 70.8 cm³/mol. The highest BCUT2D eigenvalue weighted by Crippen LogP contribution is 2.40. The van der Waals surface area contributed by atoms with E-state index in [1.165, 1.54) is 6.07 Å². The number of carbonyl (C=O) groups is 1. The fourth-order valence-electron chi connectivity index (χ4n) is 2.86. The van der Waals surface area contributed by atoms with Gasteiger partial charge in [-0.2, -0.15) is 0 Å². The number of rotatable bonds is 2. The molecule has 0 aromatic carbocycles. The highest BCUT2D eigenvalue weighted by Gasteiger charge is 2.35. The Morgan fingerprint density at radius 1 is 1.42 bits per heavy atom. The van der Waals surface area contributed by atoms with Gasteiger partial charge in [-0.3, -0.25) is 4.40 Å². The smallest absolute Gasteiger partial charge is 0.337 e. The molecule has 2 aromatic rings. The molecule has 3 rings (SSSR count). The van der Waals surface area contributed by atoms with Crippen molar-refractivity contribution in [2.45, 2.75) is 38.0 Å². The quantitative estimate of drug-likeness (QED) is 0.918. The molecular formula is C13H14ClN3O2. The standard InChI is InChI=1S/C13H14ClN3O2/c1-13(4-2-3-5-13)12-16-15-10-9(14)6-8(11(18)19)7-17(10)12/h6-7H,2-5H2,1H3,(H,18,19). The molecule has 6 heteroatoms. The topological polar surface area (TPSA) is 67.5 Å². The number of aromatic carboxylic acids is 1. The van der Waals surface area contributed by atoms with Gasteiger partial charge in [0.15, 0.2) is 5.65 Å². The minimum atomic E-state index is -1.000. The fraction of sp³-hybridized carbons (Fsp3) is 0.462. The average Bonchev–Trinajstić information content (AvgIpc) is 2.96. The molecule has 0 spiro atoms. The van der Waals surface area contributed by atoms with Crippen molar-refractivity contribution in [3.8, 4) is 0 Å². The summed E-state index contributed by atoms with van der Waals surface area (Å²) in [7, 11) is 0. The van der Waals surface area contributed by atoms with E-state index in [0.717, 1.165) is 31.5 Å². The lowest BCUT2D eigenvalue weighted by atomic mass is 9.88. The monoisotopic (exact) mass is 279 g/mol. The third kappa shape index (κ3) is 1.89. The van der Waals surface area contributed by atoms with Gasteiger partial charge in [-0.15, -0.1) is 10.2 Å². The molecule has 1 N–H and O–H groups in total. The Balaban J connectivity index is 2.24. The molecule has 0 atom stereocenters. The molecule has 1 saturated carbocycles. The number of pyridine rings is 1. The summed E-state index contributed by atoms with van der Waals surface area (Å²) in [4.78, 5) is 11.1. The summed E-state index contributed by atoms with van der Waals surface area (Å²) in [6, 6.07) is 1.41. The van der Waals surface area contributed by atoms with Crippen LogP contribution in [0.15, 0.2) is 12.3 Å². The number of hydrogen-bond acceptors (Lipinski definition) is 3. The summed E-state index contributed by atoms with van der Waals surface area (Å²) in [5.41, 5.74) is 0.634. The molecule has 1 aliphatic rings. The van der Waals surface area contributed by atoms with Crippen LogP contribution in [0.2, 0.25) is 5.02 Å². The van der Waals surface area contributed by atoms with Crippen LogP contribution in [0.1, 0.15) is 48.8 Å². The van der Waals surface area contributed by atoms with Crippen LogP contribution in [-0.2, 0) is 5.41 Å². The Labute approximate surface area is 115 Å². The summed E-state index contributed by atoms with van der Waals surface area (Å²) >= 11 is 6.09. The van der Waals surface area contributed by atoms with Crippen LogP contribution in [0.5, 0.6) is 0 Å². The number of nitrogens with zero attached hydrogens (tertiary/aromatic N) is 3. The number of fused-ring (bicyclic) bond motifs is 1. The van der Waals surface area contributed by atoms with Gasteiger partial charge in [0.05, 0.1) is 10.6 Å². The van der Waals surface area contributed by atoms with Crippen LogP contribution < -0.4 is 0 Å². The summed E-state index contributed by atoms with van der Waals surface area (Å²) in [5, 5.41) is 17.8. The molecule has 0 amide bonds. The van der Waals surface area contributed by atoms with Crippen molar-refractivity contribution in [3.05, 3.63) is 28.7 Å². The Kier molecular flexibility index (Phi) is 2.74. The predicted octanol–water partition coefficient (Wildman–Crippen LogP) is 2.91. The molecule has 0 unspecified atom stereocenters. The summed E-state index contributed by atoms with van der Waals surface area (Å²) < 4.78 is 1.73. The first-order valence-electron chi connectivity index (χ1n) is 6.29. The van der Waals surface area contributed by atoms with E-state index in [1.54, 1.807) is 10.6 Å². The maximum atomic E-state index is 11.1. The molecule has 100 valence electrons. The molecule has 0 aliphatic heterocycles. The summed E-state index contributed by atoms with van der Waals surface area (Å²) in [6.07, 6.45) is 5.98. The van der Waals surface area contributed by atoms with E-state index in [2.05, 4.69) is 17.1 Å². The maximum Gasteiger partial charge on any atom is 0.337 e. The normalized spacial score (nSPS) is 18.0. The lowest BCUT2D eigenvalue weighted by Crippen LogP contribution is -2.21. The largest absolute Gasteiger partial charge is 0.478 e. The van der Waals surface area contributed by atoms with Gasteiger partial charge in [-0.05, 0) is 18.9 Å². The number of hydrogen-bond donors (Lipinski definition) is 1. The molecule has 1 fully saturated rings. The van der Waals surface area contributed by atoms with Crippen molar-refractivity contribution in [2.24, 2.45) is 0 Å². The zero-order chi connectivity index (χ0) is 13.6. The van der Waals surface area contributed by atoms with Crippen LogP contribution in [-0.4, -0.2) is 25.7 Å². The van der Waals surface area contributed by atoms with Gasteiger partial charge in [0.25, 0.3) is 0 Å². The summed E-state index contributed by atoms with van der Waals surface area (Å²) in [5.74, 6) is -0.190. The van der Waals surface area contributed by atoms with Gasteiger partial charge < -0.3 is 5.11 Å². The molecular weight excluding hydrogens is 266 g/mol. The molecule has 5 nitrogen and oxygen atoms in total. The first-order chi connectivity index (χ1) is 9.01. The lowest BCUT2D eigenvalue weighted by molar-refractivity contribution is 0.0696. The Morgan fingerprint density at radius 3 is 2.74 bits per heavy atom. The maximum absolute atomic E-state index is 11.1. The highest BCUT2D eigenvalue weighted by atomic mass is 35.5. The number of carboxylic acids is 1. The van der Waals surface area contributed by atoms with E-state index in [4.69, 9.17) is 16.7 Å². The number of aromatic nitrogens is 3. The third-order valence-electron chi connectivity index (χ3n) is 3.95. The van der Waals surface area contributed by atoms with Crippen LogP contribution in [0.4, 0.5) is 0 Å². The van der Waals surface area contributed by atoms with Crippen LogP contribution in [0.25, 0.3) is 5.65 Å². The number of carboxylic acid groups (broad SMARTS) is 1. The van der Waals surface area contributed by atoms with Gasteiger partial charge in [-0.25, -0.2) is 4.79 Å². The molecule has 0 radical (unpaired) electrons. The van der Waals surface area contributed by atoms with E-state index in [9.17, 15) is 4.79 Å². The van der Waals surface area contributed by atoms with Crippen LogP contribution in [0.3, 0.4) is 0 Å². The van der Waals surface area contributed by atoms with Crippen molar-refractivity contribution in [3.63, 3.8) is 0 Å². The van der Waals surface area contributed by atoms with E-state index >= 15 is 0 Å². The average molecular weight is 280 g/mol. The second kappa shape index (κ2) is 4.20. The second-order valence-corrected chi connectivity index (χ2v) is 5.77. The molecule has 0 saturated heterocycles. The van der Waals surface area contributed by atoms with Gasteiger partial charge in [-0.1, -0.05) is 31.4 Å². The lowest BCUT2D eigenvalue weighted by Gasteiger charge is -2.21. The molecule has 2 aromatic heterocycles. The van der Waals surface area contributed by atoms with Crippen molar-refractivity contribution in [1.29, 1.82) is 0 Å². The zero-order valence-electron chi connectivity index (χ0n) is 10.6. The molecule has 1 aliphatic carbocycles. The highest BCUT2D eigenvalue weighted by molar-refractivity contribution is 6.33. The van der Waals surface area contributed by atoms with Crippen LogP contribution >= 0.6 is 11.6 Å². The molecule has 19 heavy (non-hydrogen) atoms. The van der Waals surface area contributed by atoms with Crippen molar-refractivity contribution >= 4 is 23.2 Å². The summed E-state index contributed by atoms with van der Waals surface area (Å²) in [6.45, 7) is 2.15. The Bertz CT molecular complexity index is 659. The van der Waals surface area contributed by atoms with E-state index < -0.39 is 5.97 Å². The minimum Gasteiger partial charge on any atom is -0.478 e. The Hall–Kier alpha value is -1.62. The first kappa shape index (κ1) is 12.4. The SMILES string of the molecule is CC1(c2nnc3c(Cl)cc(C(=O)O)cn23)CCCC1. The van der Waals surface area contributed by atoms with Crippen molar-refractivity contribution < 1.29 is 9.90 Å². The van der Waals surface area contributed by atoms with Gasteiger partial charge in [0.2, 0.25) is 0 Å². The zero-order valence-corrected chi connectivity index (χ0v) is 11.3. The minimum absolute atomic E-state index is 0.0418.